The van der Waals surface area contributed by atoms with Crippen molar-refractivity contribution in [3.8, 4) is 0 Å². The lowest BCUT2D eigenvalue weighted by Crippen LogP contribution is -2.42. The summed E-state index contributed by atoms with van der Waals surface area (Å²) in [6.07, 6.45) is 1.99. The van der Waals surface area contributed by atoms with Crippen LogP contribution in [0.4, 0.5) is 0 Å². The van der Waals surface area contributed by atoms with Crippen molar-refractivity contribution in [3.63, 3.8) is 0 Å². The van der Waals surface area contributed by atoms with E-state index in [1.807, 2.05) is 30.3 Å². The van der Waals surface area contributed by atoms with Crippen LogP contribution in [0.2, 0.25) is 0 Å². The Bertz CT molecular complexity index is 873. The summed E-state index contributed by atoms with van der Waals surface area (Å²) in [5.41, 5.74) is 7.18. The zero-order chi connectivity index (χ0) is 16.2. The third-order valence-corrected chi connectivity index (χ3v) is 4.15. The van der Waals surface area contributed by atoms with Crippen molar-refractivity contribution >= 4 is 38.6 Å². The second kappa shape index (κ2) is 6.66. The van der Waals surface area contributed by atoms with E-state index >= 15 is 0 Å². The molecule has 1 aromatic heterocycles. The number of carbonyl (C=O) groups is 2. The van der Waals surface area contributed by atoms with Gasteiger partial charge in [0.05, 0.1) is 12.0 Å². The van der Waals surface area contributed by atoms with Gasteiger partial charge in [0.15, 0.2) is 0 Å². The topological polar surface area (TPSA) is 74.0 Å². The third kappa shape index (κ3) is 3.43. The summed E-state index contributed by atoms with van der Waals surface area (Å²) >= 11 is 3.30. The first-order chi connectivity index (χ1) is 11.1. The summed E-state index contributed by atoms with van der Waals surface area (Å²) in [4.78, 5) is 27.2. The van der Waals surface area contributed by atoms with Crippen molar-refractivity contribution < 1.29 is 9.59 Å². The zero-order valence-corrected chi connectivity index (χ0v) is 13.7. The molecule has 3 N–H and O–H groups in total. The maximum absolute atomic E-state index is 12.0. The number of nitrogens with one attached hydrogen (secondary N) is 3. The van der Waals surface area contributed by atoms with Gasteiger partial charge in [-0.05, 0) is 39.7 Å². The van der Waals surface area contributed by atoms with Crippen LogP contribution in [0.3, 0.4) is 0 Å². The highest BCUT2D eigenvalue weighted by Crippen LogP contribution is 2.18. The Morgan fingerprint density at radius 3 is 2.57 bits per heavy atom. The average molecular weight is 372 g/mol. The van der Waals surface area contributed by atoms with Gasteiger partial charge in [0.25, 0.3) is 5.91 Å². The van der Waals surface area contributed by atoms with Gasteiger partial charge in [0.2, 0.25) is 5.91 Å². The normalized spacial score (nSPS) is 10.5. The van der Waals surface area contributed by atoms with Crippen LogP contribution in [0, 0.1) is 0 Å². The summed E-state index contributed by atoms with van der Waals surface area (Å²) in [5.74, 6) is -0.653. The summed E-state index contributed by atoms with van der Waals surface area (Å²) in [6.45, 7) is 0. The molecule has 0 unspecified atom stereocenters. The van der Waals surface area contributed by atoms with Crippen LogP contribution in [0.25, 0.3) is 10.9 Å². The number of aromatic amines is 1. The Morgan fingerprint density at radius 1 is 1.00 bits per heavy atom. The van der Waals surface area contributed by atoms with Gasteiger partial charge in [-0.15, -0.1) is 0 Å². The molecule has 0 fully saturated rings. The second-order valence-corrected chi connectivity index (χ2v) is 5.87. The molecule has 3 rings (SSSR count). The number of fused-ring (bicyclic) bond motifs is 1. The minimum atomic E-state index is -0.371. The van der Waals surface area contributed by atoms with E-state index < -0.39 is 0 Å². The number of carbonyl (C=O) groups excluding carboxylic acids is 2. The van der Waals surface area contributed by atoms with Crippen LogP contribution in [0.15, 0.2) is 59.2 Å². The molecule has 1 heterocycles. The van der Waals surface area contributed by atoms with Crippen LogP contribution < -0.4 is 10.9 Å². The van der Waals surface area contributed by atoms with Gasteiger partial charge in [-0.25, -0.2) is 0 Å². The van der Waals surface area contributed by atoms with Crippen LogP contribution >= 0.6 is 15.9 Å². The summed E-state index contributed by atoms with van der Waals surface area (Å²) in [5, 5.41) is 1.000. The number of rotatable bonds is 3. The number of para-hydroxylation sites is 1. The predicted octanol–water partition coefficient (Wildman–Crippen LogP) is 2.93. The van der Waals surface area contributed by atoms with Crippen molar-refractivity contribution in [3.05, 3.63) is 70.3 Å². The molecule has 0 aliphatic carbocycles. The van der Waals surface area contributed by atoms with Gasteiger partial charge in [0.1, 0.15) is 0 Å². The first-order valence-electron chi connectivity index (χ1n) is 7.04. The number of hydrogen-bond donors (Lipinski definition) is 3. The number of H-pyrrole nitrogens is 1. The molecule has 0 aliphatic rings. The lowest BCUT2D eigenvalue weighted by Gasteiger charge is -2.08. The molecule has 0 radical (unpaired) electrons. The van der Waals surface area contributed by atoms with E-state index in [4.69, 9.17) is 0 Å². The molecule has 0 saturated carbocycles. The predicted molar refractivity (Wildman–Crippen MR) is 91.8 cm³/mol. The highest BCUT2D eigenvalue weighted by atomic mass is 79.9. The van der Waals surface area contributed by atoms with Crippen molar-refractivity contribution in [1.82, 2.24) is 15.8 Å². The molecule has 0 saturated heterocycles. The van der Waals surface area contributed by atoms with Crippen LogP contribution in [0.5, 0.6) is 0 Å². The molecular formula is C17H14BrN3O2. The number of hydrazine groups is 1. The van der Waals surface area contributed by atoms with Gasteiger partial charge >= 0.3 is 0 Å². The molecule has 2 aromatic carbocycles. The Kier molecular flexibility index (Phi) is 4.43. The van der Waals surface area contributed by atoms with Crippen LogP contribution in [0.1, 0.15) is 15.9 Å². The van der Waals surface area contributed by atoms with Crippen molar-refractivity contribution in [2.24, 2.45) is 0 Å². The van der Waals surface area contributed by atoms with Gasteiger partial charge in [0, 0.05) is 21.6 Å². The Hall–Kier alpha value is -2.60. The molecule has 116 valence electrons. The molecule has 0 bridgehead atoms. The molecule has 0 atom stereocenters. The number of halogens is 1. The molecule has 3 aromatic rings. The SMILES string of the molecule is O=C(Cc1c[nH]c2ccccc12)NNC(=O)c1ccccc1Br. The number of aromatic nitrogens is 1. The van der Waals surface area contributed by atoms with E-state index in [1.54, 1.807) is 24.4 Å². The molecule has 0 spiro atoms. The lowest BCUT2D eigenvalue weighted by atomic mass is 10.1. The largest absolute Gasteiger partial charge is 0.361 e. The molecule has 6 heteroatoms. The minimum Gasteiger partial charge on any atom is -0.361 e. The zero-order valence-electron chi connectivity index (χ0n) is 12.1. The van der Waals surface area contributed by atoms with E-state index in [1.165, 1.54) is 0 Å². The van der Waals surface area contributed by atoms with E-state index in [0.717, 1.165) is 16.5 Å². The quantitative estimate of drug-likeness (QED) is 0.619. The van der Waals surface area contributed by atoms with Gasteiger partial charge in [-0.1, -0.05) is 30.3 Å². The lowest BCUT2D eigenvalue weighted by molar-refractivity contribution is -0.121. The van der Waals surface area contributed by atoms with E-state index in [-0.39, 0.29) is 18.2 Å². The van der Waals surface area contributed by atoms with E-state index in [0.29, 0.717) is 10.0 Å². The maximum Gasteiger partial charge on any atom is 0.270 e. The molecular weight excluding hydrogens is 358 g/mol. The highest BCUT2D eigenvalue weighted by molar-refractivity contribution is 9.10. The third-order valence-electron chi connectivity index (χ3n) is 3.46. The number of amides is 2. The van der Waals surface area contributed by atoms with Gasteiger partial charge in [-0.3, -0.25) is 20.4 Å². The standard InChI is InChI=1S/C17H14BrN3O2/c18-14-7-3-1-6-13(14)17(23)21-20-16(22)9-11-10-19-15-8-4-2-5-12(11)15/h1-8,10,19H,9H2,(H,20,22)(H,21,23). The summed E-state index contributed by atoms with van der Waals surface area (Å²) < 4.78 is 0.670. The molecule has 5 nitrogen and oxygen atoms in total. The fourth-order valence-electron chi connectivity index (χ4n) is 2.33. The van der Waals surface area contributed by atoms with Crippen molar-refractivity contribution in [1.29, 1.82) is 0 Å². The Labute approximate surface area is 141 Å². The smallest absolute Gasteiger partial charge is 0.270 e. The number of benzene rings is 2. The highest BCUT2D eigenvalue weighted by Gasteiger charge is 2.12. The fourth-order valence-corrected chi connectivity index (χ4v) is 2.80. The van der Waals surface area contributed by atoms with E-state index in [9.17, 15) is 9.59 Å². The fraction of sp³-hybridized carbons (Fsp3) is 0.0588. The first kappa shape index (κ1) is 15.3. The average Bonchev–Trinajstić information content (AvgIpc) is 2.96. The second-order valence-electron chi connectivity index (χ2n) is 5.02. The summed E-state index contributed by atoms with van der Waals surface area (Å²) in [6, 6.07) is 14.8. The molecule has 0 aliphatic heterocycles. The van der Waals surface area contributed by atoms with Gasteiger partial charge in [-0.2, -0.15) is 0 Å². The minimum absolute atomic E-state index is 0.181. The van der Waals surface area contributed by atoms with E-state index in [2.05, 4.69) is 31.8 Å². The molecule has 2 amide bonds. The number of hydrogen-bond acceptors (Lipinski definition) is 2. The monoisotopic (exact) mass is 371 g/mol. The summed E-state index contributed by atoms with van der Waals surface area (Å²) in [7, 11) is 0. The Morgan fingerprint density at radius 2 is 1.74 bits per heavy atom. The van der Waals surface area contributed by atoms with Crippen molar-refractivity contribution in [2.75, 3.05) is 0 Å². The van der Waals surface area contributed by atoms with Gasteiger partial charge < -0.3 is 4.98 Å². The maximum atomic E-state index is 12.0. The Balaban J connectivity index is 1.62. The van der Waals surface area contributed by atoms with Crippen molar-refractivity contribution in [2.45, 2.75) is 6.42 Å². The van der Waals surface area contributed by atoms with Crippen LogP contribution in [-0.2, 0) is 11.2 Å². The van der Waals surface area contributed by atoms with Crippen LogP contribution in [-0.4, -0.2) is 16.8 Å². The first-order valence-corrected chi connectivity index (χ1v) is 7.83. The molecule has 23 heavy (non-hydrogen) atoms.